The number of ether oxygens (including phenoxy) is 3. The van der Waals surface area contributed by atoms with E-state index in [1.54, 1.807) is 41.8 Å². The van der Waals surface area contributed by atoms with Crippen molar-refractivity contribution in [3.05, 3.63) is 95.6 Å². The van der Waals surface area contributed by atoms with E-state index < -0.39 is 12.0 Å². The second kappa shape index (κ2) is 11.2. The van der Waals surface area contributed by atoms with Gasteiger partial charge < -0.3 is 14.2 Å². The maximum atomic E-state index is 13.8. The van der Waals surface area contributed by atoms with Crippen molar-refractivity contribution in [3.8, 4) is 5.75 Å². The summed E-state index contributed by atoms with van der Waals surface area (Å²) in [6.07, 6.45) is 1.79. The van der Waals surface area contributed by atoms with Gasteiger partial charge in [-0.1, -0.05) is 53.3 Å². The summed E-state index contributed by atoms with van der Waals surface area (Å²) in [6.45, 7) is 6.01. The lowest BCUT2D eigenvalue weighted by Crippen LogP contribution is -2.40. The smallest absolute Gasteiger partial charge is 0.338 e. The van der Waals surface area contributed by atoms with E-state index in [1.807, 2.05) is 38.1 Å². The predicted molar refractivity (Wildman–Crippen MR) is 140 cm³/mol. The minimum absolute atomic E-state index is 0.0139. The van der Waals surface area contributed by atoms with Crippen molar-refractivity contribution >= 4 is 35.0 Å². The molecule has 2 heterocycles. The highest BCUT2D eigenvalue weighted by atomic mass is 35.5. The molecule has 1 atom stereocenters. The molecule has 36 heavy (non-hydrogen) atoms. The molecule has 9 heteroatoms. The molecule has 0 saturated heterocycles. The van der Waals surface area contributed by atoms with Crippen LogP contribution in [0.4, 0.5) is 0 Å². The highest BCUT2D eigenvalue weighted by Crippen LogP contribution is 2.31. The normalized spacial score (nSPS) is 15.6. The van der Waals surface area contributed by atoms with Crippen LogP contribution in [0.25, 0.3) is 6.08 Å². The molecule has 1 unspecified atom stereocenters. The Labute approximate surface area is 217 Å². The molecule has 1 aliphatic heterocycles. The Hall–Kier alpha value is -3.20. The zero-order chi connectivity index (χ0) is 25.8. The van der Waals surface area contributed by atoms with Crippen LogP contribution in [0, 0.1) is 0 Å². The zero-order valence-corrected chi connectivity index (χ0v) is 22.1. The largest absolute Gasteiger partial charge is 0.490 e. The Bertz CT molecular complexity index is 1470. The van der Waals surface area contributed by atoms with Crippen molar-refractivity contribution in [2.45, 2.75) is 32.9 Å². The Morgan fingerprint density at radius 2 is 1.89 bits per heavy atom. The fraction of sp³-hybridized carbons (Fsp3) is 0.296. The van der Waals surface area contributed by atoms with Gasteiger partial charge >= 0.3 is 5.97 Å². The summed E-state index contributed by atoms with van der Waals surface area (Å²) < 4.78 is 18.4. The second-order valence-corrected chi connectivity index (χ2v) is 9.91. The number of aromatic nitrogens is 1. The number of methoxy groups -OCH3 is 1. The van der Waals surface area contributed by atoms with Gasteiger partial charge in [-0.05, 0) is 50.6 Å². The molecule has 0 amide bonds. The molecule has 0 N–H and O–H groups in total. The number of para-hydroxylation sites is 1. The Morgan fingerprint density at radius 3 is 2.58 bits per heavy atom. The number of carbonyl (C=O) groups is 1. The minimum Gasteiger partial charge on any atom is -0.490 e. The van der Waals surface area contributed by atoms with Crippen molar-refractivity contribution < 1.29 is 19.0 Å². The van der Waals surface area contributed by atoms with Crippen LogP contribution in [-0.2, 0) is 14.3 Å². The number of halogens is 1. The highest BCUT2D eigenvalue weighted by molar-refractivity contribution is 7.07. The number of nitrogens with zero attached hydrogens (tertiary/aromatic N) is 2. The molecule has 3 aromatic rings. The van der Waals surface area contributed by atoms with Crippen molar-refractivity contribution in [1.82, 2.24) is 4.57 Å². The van der Waals surface area contributed by atoms with Crippen LogP contribution < -0.4 is 19.6 Å². The van der Waals surface area contributed by atoms with E-state index in [1.165, 1.54) is 18.4 Å². The number of fused-ring (bicyclic) bond motifs is 1. The topological polar surface area (TPSA) is 79.1 Å². The number of hydrogen-bond acceptors (Lipinski definition) is 7. The first-order chi connectivity index (χ1) is 17.3. The summed E-state index contributed by atoms with van der Waals surface area (Å²) in [6, 6.07) is 13.9. The molecule has 0 spiro atoms. The van der Waals surface area contributed by atoms with Crippen LogP contribution in [0.5, 0.6) is 5.75 Å². The first kappa shape index (κ1) is 25.9. The zero-order valence-electron chi connectivity index (χ0n) is 20.5. The highest BCUT2D eigenvalue weighted by Gasteiger charge is 2.33. The molecule has 7 nitrogen and oxygen atoms in total. The molecule has 0 fully saturated rings. The van der Waals surface area contributed by atoms with Gasteiger partial charge in [0.05, 0.1) is 34.6 Å². The molecule has 1 aromatic heterocycles. The first-order valence-electron chi connectivity index (χ1n) is 11.5. The van der Waals surface area contributed by atoms with Crippen LogP contribution in [0.2, 0.25) is 5.02 Å². The van der Waals surface area contributed by atoms with Gasteiger partial charge in [0.15, 0.2) is 4.80 Å². The van der Waals surface area contributed by atoms with Crippen molar-refractivity contribution in [1.29, 1.82) is 0 Å². The number of carbonyl (C=O) groups excluding carboxylic acids is 1. The average molecular weight is 527 g/mol. The number of thiazole rings is 1. The van der Waals surface area contributed by atoms with Gasteiger partial charge in [-0.2, -0.15) is 0 Å². The van der Waals surface area contributed by atoms with Gasteiger partial charge in [-0.15, -0.1) is 0 Å². The molecule has 1 aliphatic rings. The monoisotopic (exact) mass is 526 g/mol. The lowest BCUT2D eigenvalue weighted by molar-refractivity contribution is -0.140. The summed E-state index contributed by atoms with van der Waals surface area (Å²) >= 11 is 7.39. The third-order valence-corrected chi connectivity index (χ3v) is 6.75. The van der Waals surface area contributed by atoms with E-state index in [0.29, 0.717) is 31.4 Å². The number of benzene rings is 2. The van der Waals surface area contributed by atoms with Gasteiger partial charge in [0, 0.05) is 17.7 Å². The number of rotatable bonds is 8. The third-order valence-electron chi connectivity index (χ3n) is 5.52. The van der Waals surface area contributed by atoms with Crippen molar-refractivity contribution in [2.75, 3.05) is 20.3 Å². The molecule has 0 saturated carbocycles. The number of hydrogen-bond donors (Lipinski definition) is 0. The van der Waals surface area contributed by atoms with Crippen molar-refractivity contribution in [2.24, 2.45) is 4.99 Å². The van der Waals surface area contributed by atoms with Gasteiger partial charge in [0.2, 0.25) is 0 Å². The maximum absolute atomic E-state index is 13.8. The van der Waals surface area contributed by atoms with E-state index in [9.17, 15) is 9.59 Å². The molecule has 2 aromatic carbocycles. The quantitative estimate of drug-likeness (QED) is 0.329. The summed E-state index contributed by atoms with van der Waals surface area (Å²) in [5.74, 6) is 0.143. The molecule has 0 aliphatic carbocycles. The standard InChI is InChI=1S/C27H27ClN2O5S/c1-16(2)35-21-8-6-5-7-19(21)15-22-25(31)30-24(18-9-11-20(28)12-10-18)23(17(3)29-27(30)36-22)26(32)34-14-13-33-4/h5-12,15-16,24H,13-14H2,1-4H3. The van der Waals surface area contributed by atoms with E-state index in [0.717, 1.165) is 11.1 Å². The lowest BCUT2D eigenvalue weighted by Gasteiger charge is -2.24. The predicted octanol–water partition coefficient (Wildman–Crippen LogP) is 3.87. The number of esters is 1. The minimum atomic E-state index is -0.710. The summed E-state index contributed by atoms with van der Waals surface area (Å²) in [4.78, 5) is 32.0. The second-order valence-electron chi connectivity index (χ2n) is 8.47. The van der Waals surface area contributed by atoms with E-state index in [4.69, 9.17) is 25.8 Å². The average Bonchev–Trinajstić information content (AvgIpc) is 3.14. The molecule has 0 bridgehead atoms. The molecular weight excluding hydrogens is 500 g/mol. The third kappa shape index (κ3) is 5.46. The van der Waals surface area contributed by atoms with Crippen LogP contribution in [0.1, 0.15) is 37.9 Å². The van der Waals surface area contributed by atoms with E-state index >= 15 is 0 Å². The summed E-state index contributed by atoms with van der Waals surface area (Å²) in [5, 5.41) is 0.554. The SMILES string of the molecule is COCCOC(=O)C1=C(C)N=c2sc(=Cc3ccccc3OC(C)C)c(=O)n2C1c1ccc(Cl)cc1. The maximum Gasteiger partial charge on any atom is 0.338 e. The molecule has 188 valence electrons. The van der Waals surface area contributed by atoms with Crippen LogP contribution in [-0.4, -0.2) is 37.0 Å². The number of allylic oxidation sites excluding steroid dienone is 1. The van der Waals surface area contributed by atoms with Gasteiger partial charge in [-0.3, -0.25) is 9.36 Å². The molecule has 4 rings (SSSR count). The van der Waals surface area contributed by atoms with Crippen LogP contribution >= 0.6 is 22.9 Å². The Kier molecular flexibility index (Phi) is 8.08. The van der Waals surface area contributed by atoms with Gasteiger partial charge in [-0.25, -0.2) is 9.79 Å². The van der Waals surface area contributed by atoms with Crippen molar-refractivity contribution in [3.63, 3.8) is 0 Å². The Balaban J connectivity index is 1.88. The molecular formula is C27H27ClN2O5S. The van der Waals surface area contributed by atoms with Crippen LogP contribution in [0.15, 0.2) is 69.6 Å². The summed E-state index contributed by atoms with van der Waals surface area (Å²) in [5.41, 5.74) is 2.05. The lowest BCUT2D eigenvalue weighted by atomic mass is 9.96. The van der Waals surface area contributed by atoms with Crippen LogP contribution in [0.3, 0.4) is 0 Å². The fourth-order valence-corrected chi connectivity index (χ4v) is 5.10. The molecule has 0 radical (unpaired) electrons. The first-order valence-corrected chi connectivity index (χ1v) is 12.7. The van der Waals surface area contributed by atoms with E-state index in [-0.39, 0.29) is 24.9 Å². The fourth-order valence-electron chi connectivity index (χ4n) is 3.94. The van der Waals surface area contributed by atoms with Gasteiger partial charge in [0.25, 0.3) is 5.56 Å². The summed E-state index contributed by atoms with van der Waals surface area (Å²) in [7, 11) is 1.53. The van der Waals surface area contributed by atoms with E-state index in [2.05, 4.69) is 4.99 Å². The Morgan fingerprint density at radius 1 is 1.17 bits per heavy atom. The van der Waals surface area contributed by atoms with Gasteiger partial charge in [0.1, 0.15) is 12.4 Å².